The molecular weight excluding hydrogens is 330 g/mol. The molecule has 1 saturated heterocycles. The van der Waals surface area contributed by atoms with Crippen LogP contribution in [0.1, 0.15) is 12.0 Å². The molecule has 3 aromatic heterocycles. The van der Waals surface area contributed by atoms with Gasteiger partial charge in [-0.2, -0.15) is 0 Å². The fourth-order valence-corrected chi connectivity index (χ4v) is 2.86. The highest BCUT2D eigenvalue weighted by Crippen LogP contribution is 2.32. The average molecular weight is 347 g/mol. The Kier molecular flexibility index (Phi) is 4.09. The Bertz CT molecular complexity index is 851. The Balaban J connectivity index is 1.63. The normalized spacial score (nSPS) is 26.4. The third-order valence-corrected chi connectivity index (χ3v) is 4.16. The zero-order chi connectivity index (χ0) is 17.4. The van der Waals surface area contributed by atoms with Gasteiger partial charge in [-0.3, -0.25) is 4.57 Å². The molecule has 4 heterocycles. The Morgan fingerprint density at radius 3 is 2.80 bits per heavy atom. The lowest BCUT2D eigenvalue weighted by Gasteiger charge is -2.16. The van der Waals surface area contributed by atoms with Gasteiger partial charge in [-0.1, -0.05) is 0 Å². The molecule has 0 aromatic carbocycles. The van der Waals surface area contributed by atoms with Gasteiger partial charge in [-0.25, -0.2) is 15.0 Å². The fourth-order valence-electron chi connectivity index (χ4n) is 2.86. The molecule has 1 fully saturated rings. The van der Waals surface area contributed by atoms with E-state index in [2.05, 4.69) is 20.3 Å². The van der Waals surface area contributed by atoms with E-state index in [9.17, 15) is 15.3 Å². The monoisotopic (exact) mass is 347 g/mol. The molecule has 0 amide bonds. The van der Waals surface area contributed by atoms with Gasteiger partial charge in [0.2, 0.25) is 0 Å². The van der Waals surface area contributed by atoms with Gasteiger partial charge in [0.15, 0.2) is 23.2 Å². The van der Waals surface area contributed by atoms with Crippen LogP contribution in [0.4, 0.5) is 5.82 Å². The highest BCUT2D eigenvalue weighted by molar-refractivity contribution is 5.82. The SMILES string of the molecule is OC[C@H]1O[C@@H](n2cnc3c(NCc4ccco4)ncnc32)[C@@H](O)C1O. The molecule has 0 radical (unpaired) electrons. The maximum Gasteiger partial charge on any atom is 0.167 e. The number of aliphatic hydroxyl groups is 3. The highest BCUT2D eigenvalue weighted by atomic mass is 16.6. The van der Waals surface area contributed by atoms with Gasteiger partial charge in [-0.15, -0.1) is 0 Å². The third-order valence-electron chi connectivity index (χ3n) is 4.16. The van der Waals surface area contributed by atoms with Crippen molar-refractivity contribution in [3.63, 3.8) is 0 Å². The van der Waals surface area contributed by atoms with Crippen LogP contribution < -0.4 is 5.32 Å². The second-order valence-corrected chi connectivity index (χ2v) is 5.71. The highest BCUT2D eigenvalue weighted by Gasteiger charge is 2.44. The molecule has 1 unspecified atom stereocenters. The first kappa shape index (κ1) is 16.0. The number of nitrogens with one attached hydrogen (secondary N) is 1. The van der Waals surface area contributed by atoms with Gasteiger partial charge in [-0.05, 0) is 12.1 Å². The van der Waals surface area contributed by atoms with Crippen molar-refractivity contribution in [1.82, 2.24) is 19.5 Å². The third kappa shape index (κ3) is 2.74. The van der Waals surface area contributed by atoms with Gasteiger partial charge in [0, 0.05) is 0 Å². The minimum Gasteiger partial charge on any atom is -0.467 e. The molecule has 10 heteroatoms. The van der Waals surface area contributed by atoms with Crippen LogP contribution in [-0.2, 0) is 11.3 Å². The molecule has 132 valence electrons. The number of fused-ring (bicyclic) bond motifs is 1. The number of aromatic nitrogens is 4. The van der Waals surface area contributed by atoms with E-state index in [1.165, 1.54) is 17.2 Å². The lowest BCUT2D eigenvalue weighted by molar-refractivity contribution is -0.0511. The van der Waals surface area contributed by atoms with Gasteiger partial charge in [0.25, 0.3) is 0 Å². The van der Waals surface area contributed by atoms with Crippen molar-refractivity contribution in [3.05, 3.63) is 36.8 Å². The summed E-state index contributed by atoms with van der Waals surface area (Å²) in [5.74, 6) is 1.25. The number of hydrogen-bond donors (Lipinski definition) is 4. The van der Waals surface area contributed by atoms with Gasteiger partial charge in [0.05, 0.1) is 25.7 Å². The van der Waals surface area contributed by atoms with Crippen LogP contribution in [0.2, 0.25) is 0 Å². The van der Waals surface area contributed by atoms with E-state index < -0.39 is 31.1 Å². The van der Waals surface area contributed by atoms with E-state index in [0.717, 1.165) is 5.76 Å². The molecule has 4 atom stereocenters. The first-order valence-corrected chi connectivity index (χ1v) is 7.75. The summed E-state index contributed by atoms with van der Waals surface area (Å²) in [6.07, 6.45) is 0.253. The summed E-state index contributed by atoms with van der Waals surface area (Å²) in [7, 11) is 0. The van der Waals surface area contributed by atoms with Gasteiger partial charge >= 0.3 is 0 Å². The van der Waals surface area contributed by atoms with Crippen LogP contribution in [0, 0.1) is 0 Å². The minimum atomic E-state index is -1.20. The van der Waals surface area contributed by atoms with Gasteiger partial charge < -0.3 is 29.8 Å². The molecule has 0 spiro atoms. The Labute approximate surface area is 141 Å². The average Bonchev–Trinajstić information content (AvgIpc) is 3.34. The molecular formula is C15H17N5O5. The van der Waals surface area contributed by atoms with Crippen LogP contribution in [0.25, 0.3) is 11.2 Å². The maximum atomic E-state index is 10.2. The topological polar surface area (TPSA) is 139 Å². The Hall–Kier alpha value is -2.53. The summed E-state index contributed by atoms with van der Waals surface area (Å²) < 4.78 is 12.3. The molecule has 0 aliphatic carbocycles. The molecule has 0 bridgehead atoms. The summed E-state index contributed by atoms with van der Waals surface area (Å²) >= 11 is 0. The van der Waals surface area contributed by atoms with Crippen LogP contribution in [0.15, 0.2) is 35.5 Å². The summed E-state index contributed by atoms with van der Waals surface area (Å²) in [4.78, 5) is 12.7. The molecule has 3 aromatic rings. The smallest absolute Gasteiger partial charge is 0.167 e. The number of ether oxygens (including phenoxy) is 1. The zero-order valence-electron chi connectivity index (χ0n) is 13.1. The summed E-state index contributed by atoms with van der Waals surface area (Å²) in [5, 5.41) is 32.4. The zero-order valence-corrected chi connectivity index (χ0v) is 13.1. The summed E-state index contributed by atoms with van der Waals surface area (Å²) in [6.45, 7) is 0.0338. The van der Waals surface area contributed by atoms with E-state index in [4.69, 9.17) is 9.15 Å². The Morgan fingerprint density at radius 2 is 2.08 bits per heavy atom. The second kappa shape index (κ2) is 6.41. The standard InChI is InChI=1S/C15H17N5O5/c21-5-9-11(22)12(23)15(25-9)20-7-19-10-13(17-6-18-14(10)20)16-4-8-2-1-3-24-8/h1-3,6-7,9,11-12,15,21-23H,4-5H2,(H,16,17,18)/t9-,11?,12+,15-/m1/s1. The molecule has 4 rings (SSSR count). The predicted molar refractivity (Wildman–Crippen MR) is 84.4 cm³/mol. The first-order valence-electron chi connectivity index (χ1n) is 7.75. The van der Waals surface area contributed by atoms with Crippen LogP contribution in [0.3, 0.4) is 0 Å². The lowest BCUT2D eigenvalue weighted by Crippen LogP contribution is -2.33. The van der Waals surface area contributed by atoms with Crippen molar-refractivity contribution in [2.45, 2.75) is 31.1 Å². The molecule has 0 saturated carbocycles. The van der Waals surface area contributed by atoms with Crippen LogP contribution >= 0.6 is 0 Å². The largest absolute Gasteiger partial charge is 0.467 e. The number of nitrogens with zero attached hydrogens (tertiary/aromatic N) is 4. The minimum absolute atomic E-state index is 0.397. The van der Waals surface area contributed by atoms with Crippen molar-refractivity contribution in [3.8, 4) is 0 Å². The van der Waals surface area contributed by atoms with Crippen molar-refractivity contribution >= 4 is 17.0 Å². The second-order valence-electron chi connectivity index (χ2n) is 5.71. The van der Waals surface area contributed by atoms with E-state index in [0.29, 0.717) is 23.5 Å². The van der Waals surface area contributed by atoms with E-state index >= 15 is 0 Å². The van der Waals surface area contributed by atoms with Crippen molar-refractivity contribution in [2.75, 3.05) is 11.9 Å². The number of imidazole rings is 1. The molecule has 1 aliphatic heterocycles. The molecule has 10 nitrogen and oxygen atoms in total. The first-order chi connectivity index (χ1) is 12.2. The van der Waals surface area contributed by atoms with E-state index in [1.54, 1.807) is 12.3 Å². The van der Waals surface area contributed by atoms with Crippen LogP contribution in [0.5, 0.6) is 0 Å². The van der Waals surface area contributed by atoms with Crippen molar-refractivity contribution in [2.24, 2.45) is 0 Å². The number of rotatable bonds is 5. The Morgan fingerprint density at radius 1 is 1.20 bits per heavy atom. The maximum absolute atomic E-state index is 10.2. The number of anilines is 1. The number of furan rings is 1. The number of hydrogen-bond acceptors (Lipinski definition) is 9. The van der Waals surface area contributed by atoms with E-state index in [1.807, 2.05) is 6.07 Å². The summed E-state index contributed by atoms with van der Waals surface area (Å²) in [6, 6.07) is 3.63. The molecule has 25 heavy (non-hydrogen) atoms. The van der Waals surface area contributed by atoms with Gasteiger partial charge in [0.1, 0.15) is 30.4 Å². The summed E-state index contributed by atoms with van der Waals surface area (Å²) in [5.41, 5.74) is 0.929. The molecule has 4 N–H and O–H groups in total. The van der Waals surface area contributed by atoms with Crippen molar-refractivity contribution in [1.29, 1.82) is 0 Å². The number of aliphatic hydroxyl groups excluding tert-OH is 3. The van der Waals surface area contributed by atoms with Crippen LogP contribution in [-0.4, -0.2) is 59.8 Å². The predicted octanol–water partition coefficient (Wildman–Crippen LogP) is -0.357. The molecule has 1 aliphatic rings. The van der Waals surface area contributed by atoms with Crippen molar-refractivity contribution < 1.29 is 24.5 Å². The van der Waals surface area contributed by atoms with E-state index in [-0.39, 0.29) is 0 Å². The lowest BCUT2D eigenvalue weighted by atomic mass is 10.1. The quantitative estimate of drug-likeness (QED) is 0.487. The fraction of sp³-hybridized carbons (Fsp3) is 0.400.